The van der Waals surface area contributed by atoms with E-state index in [1.165, 1.54) is 51.7 Å². The zero-order valence-corrected chi connectivity index (χ0v) is 9.84. The van der Waals surface area contributed by atoms with Gasteiger partial charge in [0.05, 0.1) is 0 Å². The Balaban J connectivity index is 1.75. The van der Waals surface area contributed by atoms with Gasteiger partial charge in [0.25, 0.3) is 0 Å². The summed E-state index contributed by atoms with van der Waals surface area (Å²) in [6.45, 7) is 8.85. The lowest BCUT2D eigenvalue weighted by Crippen LogP contribution is -2.23. The van der Waals surface area contributed by atoms with Crippen molar-refractivity contribution >= 4 is 0 Å². The van der Waals surface area contributed by atoms with Crippen molar-refractivity contribution in [2.45, 2.75) is 46.0 Å². The molecule has 1 aliphatic heterocycles. The summed E-state index contributed by atoms with van der Waals surface area (Å²) < 4.78 is 0. The van der Waals surface area contributed by atoms with Crippen LogP contribution >= 0.6 is 0 Å². The third-order valence-electron chi connectivity index (χ3n) is 4.07. The summed E-state index contributed by atoms with van der Waals surface area (Å²) in [5.74, 6) is 3.00. The third-order valence-corrected chi connectivity index (χ3v) is 4.07. The molecule has 0 bridgehead atoms. The average Bonchev–Trinajstić information content (AvgIpc) is 2.57. The molecule has 1 aliphatic carbocycles. The molecule has 1 saturated carbocycles. The van der Waals surface area contributed by atoms with Crippen LogP contribution in [-0.2, 0) is 0 Å². The van der Waals surface area contributed by atoms with Gasteiger partial charge in [-0.1, -0.05) is 26.7 Å². The highest BCUT2D eigenvalue weighted by molar-refractivity contribution is 4.86. The summed E-state index contributed by atoms with van der Waals surface area (Å²) in [5.41, 5.74) is 0. The molecule has 2 fully saturated rings. The first-order valence-corrected chi connectivity index (χ1v) is 6.48. The van der Waals surface area contributed by atoms with Gasteiger partial charge in [-0.05, 0) is 43.6 Å². The fraction of sp³-hybridized carbons (Fsp3) is 1.00. The predicted octanol–water partition coefficient (Wildman–Crippen LogP) is 3.15. The molecule has 2 atom stereocenters. The van der Waals surface area contributed by atoms with Gasteiger partial charge < -0.3 is 4.90 Å². The molecule has 0 aromatic carbocycles. The molecule has 1 saturated heterocycles. The van der Waals surface area contributed by atoms with Gasteiger partial charge in [0.2, 0.25) is 0 Å². The van der Waals surface area contributed by atoms with Crippen LogP contribution in [0.3, 0.4) is 0 Å². The number of rotatable bonds is 3. The highest BCUT2D eigenvalue weighted by atomic mass is 15.1. The molecule has 0 amide bonds. The van der Waals surface area contributed by atoms with Crippen LogP contribution in [0.1, 0.15) is 46.0 Å². The monoisotopic (exact) mass is 195 g/mol. The van der Waals surface area contributed by atoms with E-state index in [1.807, 2.05) is 0 Å². The summed E-state index contributed by atoms with van der Waals surface area (Å²) >= 11 is 0. The summed E-state index contributed by atoms with van der Waals surface area (Å²) in [7, 11) is 0. The molecule has 0 aromatic heterocycles. The van der Waals surface area contributed by atoms with E-state index in [-0.39, 0.29) is 0 Å². The molecule has 82 valence electrons. The Morgan fingerprint density at radius 1 is 1.07 bits per heavy atom. The van der Waals surface area contributed by atoms with E-state index in [1.54, 1.807) is 0 Å². The van der Waals surface area contributed by atoms with Crippen LogP contribution in [0, 0.1) is 17.8 Å². The Morgan fingerprint density at radius 3 is 2.14 bits per heavy atom. The minimum Gasteiger partial charge on any atom is -0.303 e. The van der Waals surface area contributed by atoms with Crippen molar-refractivity contribution in [3.63, 3.8) is 0 Å². The standard InChI is InChI=1S/C13H25N/c1-11(2)7-8-14-9-12-5-3-4-6-13(12)10-14/h11-13H,3-10H2,1-2H3. The second kappa shape index (κ2) is 4.65. The molecule has 0 N–H and O–H groups in total. The van der Waals surface area contributed by atoms with Gasteiger partial charge in [-0.15, -0.1) is 0 Å². The Hall–Kier alpha value is -0.0400. The van der Waals surface area contributed by atoms with Crippen LogP contribution in [0.2, 0.25) is 0 Å². The van der Waals surface area contributed by atoms with Gasteiger partial charge in [0.1, 0.15) is 0 Å². The summed E-state index contributed by atoms with van der Waals surface area (Å²) in [6.07, 6.45) is 7.42. The zero-order chi connectivity index (χ0) is 9.97. The van der Waals surface area contributed by atoms with Crippen LogP contribution in [0.4, 0.5) is 0 Å². The quantitative estimate of drug-likeness (QED) is 0.668. The number of fused-ring (bicyclic) bond motifs is 1. The van der Waals surface area contributed by atoms with Gasteiger partial charge in [0.15, 0.2) is 0 Å². The Kier molecular flexibility index (Phi) is 3.48. The van der Waals surface area contributed by atoms with Crippen molar-refractivity contribution in [3.8, 4) is 0 Å². The minimum atomic E-state index is 0.873. The minimum absolute atomic E-state index is 0.873. The predicted molar refractivity (Wildman–Crippen MR) is 61.3 cm³/mol. The number of hydrogen-bond donors (Lipinski definition) is 0. The molecule has 2 aliphatic rings. The molecule has 0 aromatic rings. The van der Waals surface area contributed by atoms with Crippen molar-refractivity contribution in [1.82, 2.24) is 4.90 Å². The van der Waals surface area contributed by atoms with Crippen molar-refractivity contribution in [3.05, 3.63) is 0 Å². The lowest BCUT2D eigenvalue weighted by molar-refractivity contribution is 0.299. The lowest BCUT2D eigenvalue weighted by Gasteiger charge is -2.23. The third kappa shape index (κ3) is 2.50. The van der Waals surface area contributed by atoms with E-state index in [0.717, 1.165) is 17.8 Å². The number of hydrogen-bond acceptors (Lipinski definition) is 1. The molecular formula is C13H25N. The normalized spacial score (nSPS) is 33.6. The molecule has 1 heteroatoms. The first kappa shape index (κ1) is 10.5. The van der Waals surface area contributed by atoms with E-state index in [2.05, 4.69) is 18.7 Å². The van der Waals surface area contributed by atoms with Crippen LogP contribution in [0.5, 0.6) is 0 Å². The fourth-order valence-corrected chi connectivity index (χ4v) is 3.13. The molecule has 2 rings (SSSR count). The SMILES string of the molecule is CC(C)CCN1CC2CCCCC2C1. The van der Waals surface area contributed by atoms with Gasteiger partial charge in [0, 0.05) is 13.1 Å². The Bertz CT molecular complexity index is 162. The highest BCUT2D eigenvalue weighted by Crippen LogP contribution is 2.35. The van der Waals surface area contributed by atoms with E-state index in [4.69, 9.17) is 0 Å². The van der Waals surface area contributed by atoms with Crippen LogP contribution < -0.4 is 0 Å². The number of nitrogens with zero attached hydrogens (tertiary/aromatic N) is 1. The first-order valence-electron chi connectivity index (χ1n) is 6.48. The van der Waals surface area contributed by atoms with E-state index in [9.17, 15) is 0 Å². The maximum Gasteiger partial charge on any atom is 0.00129 e. The van der Waals surface area contributed by atoms with Crippen molar-refractivity contribution in [2.24, 2.45) is 17.8 Å². The fourth-order valence-electron chi connectivity index (χ4n) is 3.13. The van der Waals surface area contributed by atoms with Gasteiger partial charge >= 0.3 is 0 Å². The van der Waals surface area contributed by atoms with Crippen molar-refractivity contribution in [2.75, 3.05) is 19.6 Å². The average molecular weight is 195 g/mol. The molecule has 0 radical (unpaired) electrons. The van der Waals surface area contributed by atoms with E-state index >= 15 is 0 Å². The van der Waals surface area contributed by atoms with E-state index in [0.29, 0.717) is 0 Å². The highest BCUT2D eigenvalue weighted by Gasteiger charge is 2.33. The molecule has 0 spiro atoms. The Morgan fingerprint density at radius 2 is 1.64 bits per heavy atom. The zero-order valence-electron chi connectivity index (χ0n) is 9.84. The molecule has 1 heterocycles. The second-order valence-electron chi connectivity index (χ2n) is 5.75. The maximum absolute atomic E-state index is 2.72. The molecule has 2 unspecified atom stereocenters. The van der Waals surface area contributed by atoms with E-state index < -0.39 is 0 Å². The molecular weight excluding hydrogens is 170 g/mol. The van der Waals surface area contributed by atoms with Crippen LogP contribution in [0.25, 0.3) is 0 Å². The largest absolute Gasteiger partial charge is 0.303 e. The topological polar surface area (TPSA) is 3.24 Å². The van der Waals surface area contributed by atoms with Gasteiger partial charge in [-0.3, -0.25) is 0 Å². The van der Waals surface area contributed by atoms with Crippen molar-refractivity contribution < 1.29 is 0 Å². The molecule has 1 nitrogen and oxygen atoms in total. The Labute approximate surface area is 88.9 Å². The molecule has 14 heavy (non-hydrogen) atoms. The lowest BCUT2D eigenvalue weighted by atomic mass is 9.82. The summed E-state index contributed by atoms with van der Waals surface area (Å²) in [6, 6.07) is 0. The smallest absolute Gasteiger partial charge is 0.00129 e. The van der Waals surface area contributed by atoms with Crippen LogP contribution in [-0.4, -0.2) is 24.5 Å². The maximum atomic E-state index is 2.72. The first-order chi connectivity index (χ1) is 6.75. The second-order valence-corrected chi connectivity index (χ2v) is 5.75. The van der Waals surface area contributed by atoms with Gasteiger partial charge in [-0.25, -0.2) is 0 Å². The summed E-state index contributed by atoms with van der Waals surface area (Å²) in [4.78, 5) is 2.72. The van der Waals surface area contributed by atoms with Crippen molar-refractivity contribution in [1.29, 1.82) is 0 Å². The number of likely N-dealkylation sites (tertiary alicyclic amines) is 1. The van der Waals surface area contributed by atoms with Crippen LogP contribution in [0.15, 0.2) is 0 Å². The summed E-state index contributed by atoms with van der Waals surface area (Å²) in [5, 5.41) is 0. The van der Waals surface area contributed by atoms with Gasteiger partial charge in [-0.2, -0.15) is 0 Å².